The average molecular weight is 1160 g/mol. The summed E-state index contributed by atoms with van der Waals surface area (Å²) in [5, 5.41) is 162. The second-order valence-electron chi connectivity index (χ2n) is 15.4. The molecule has 0 aliphatic carbocycles. The van der Waals surface area contributed by atoms with Crippen LogP contribution in [0.25, 0.3) is 0 Å². The third-order valence-electron chi connectivity index (χ3n) is 9.16. The number of aliphatic hydroxyl groups excluding tert-OH is 2. The second-order valence-corrected chi connectivity index (χ2v) is 15.4. The minimum atomic E-state index is -1.33. The lowest BCUT2D eigenvalue weighted by molar-refractivity contribution is -0.258. The third kappa shape index (κ3) is 63.5. The zero-order chi connectivity index (χ0) is 60.5. The number of aliphatic carboxylic acids is 5. The Kier molecular flexibility index (Phi) is 62.5. The summed E-state index contributed by atoms with van der Waals surface area (Å²) in [5.41, 5.74) is 0. The standard InChI is InChI=1S/C10H20N2O8.C10H19NO9.C8H18N2O7.C8H18N2O6.C3H6O2/c13-9(14)5-8(10(15)16)12-3-2-11-7(6-20-18)1-4-19-17;12-8(3-6(10(15)16)4-9(13)14)11-7(5-20-18)1-2-19-17;11-7(4-10-8(12)13)3-9-6(5-17-15)1-2-16-14;11-8(12)10-4-1-3-9-7(6-16-14)2-5-15-13;1-2-3(4)5/h7-8,11-12,17-18H,1-6H2,(H,13,14)(H,15,16);6-8,11-12,17-18H,1-5H2,(H,13,14)(H,15,16);6-7,9-11,14-15H,1-5H2,(H,12,13);7,9-10,13-14H,1-6H2,(H,11,12);2H2,1H3,(H,4,5). The predicted molar refractivity (Wildman–Crippen MR) is 256 cm³/mol. The quantitative estimate of drug-likeness (QED) is 0.0129. The van der Waals surface area contributed by atoms with Crippen LogP contribution in [0.1, 0.15) is 64.7 Å². The molecule has 0 aromatic carbocycles. The van der Waals surface area contributed by atoms with Crippen molar-refractivity contribution in [2.75, 3.05) is 92.1 Å². The molecular formula is C39H81N7O32. The molecule has 0 heterocycles. The molecule has 2 amide bonds. The Balaban J connectivity index is -0.000000295. The lowest BCUT2D eigenvalue weighted by Crippen LogP contribution is -2.44. The van der Waals surface area contributed by atoms with Crippen molar-refractivity contribution in [3.63, 3.8) is 0 Å². The molecule has 0 bridgehead atoms. The van der Waals surface area contributed by atoms with E-state index in [2.05, 4.69) is 71.0 Å². The molecule has 0 aliphatic rings. The number of carboxylic acid groups (broad SMARTS) is 7. The van der Waals surface area contributed by atoms with Gasteiger partial charge in [-0.1, -0.05) is 6.92 Å². The van der Waals surface area contributed by atoms with Crippen molar-refractivity contribution in [1.82, 2.24) is 37.2 Å². The van der Waals surface area contributed by atoms with E-state index in [4.69, 9.17) is 77.8 Å². The monoisotopic (exact) mass is 1160 g/mol. The van der Waals surface area contributed by atoms with Gasteiger partial charge in [-0.15, -0.1) is 0 Å². The van der Waals surface area contributed by atoms with Gasteiger partial charge in [0.05, 0.1) is 77.7 Å². The van der Waals surface area contributed by atoms with Gasteiger partial charge in [0.25, 0.3) is 0 Å². The highest BCUT2D eigenvalue weighted by molar-refractivity contribution is 5.80. The second kappa shape index (κ2) is 59.6. The summed E-state index contributed by atoms with van der Waals surface area (Å²) in [5.74, 6) is -7.05. The van der Waals surface area contributed by atoms with Crippen LogP contribution in [-0.2, 0) is 63.1 Å². The van der Waals surface area contributed by atoms with Crippen molar-refractivity contribution in [3.05, 3.63) is 0 Å². The number of aliphatic hydroxyl groups is 2. The Labute approximate surface area is 444 Å². The van der Waals surface area contributed by atoms with E-state index < -0.39 is 85.2 Å². The summed E-state index contributed by atoms with van der Waals surface area (Å²) in [6.07, 6.45) is -3.73. The van der Waals surface area contributed by atoms with E-state index in [1.807, 2.05) is 5.32 Å². The minimum Gasteiger partial charge on any atom is -0.481 e. The molecule has 8 atom stereocenters. The molecule has 0 rings (SSSR count). The number of rotatable bonds is 46. The highest BCUT2D eigenvalue weighted by atomic mass is 17.1. The normalized spacial score (nSPS) is 13.7. The van der Waals surface area contributed by atoms with Gasteiger partial charge < -0.3 is 77.9 Å². The molecule has 24 N–H and O–H groups in total. The molecule has 0 saturated carbocycles. The lowest BCUT2D eigenvalue weighted by atomic mass is 10.0. The number of hydrogen-bond acceptors (Lipinski definition) is 30. The van der Waals surface area contributed by atoms with E-state index in [0.29, 0.717) is 45.3 Å². The number of nitrogens with one attached hydrogen (secondary N) is 7. The van der Waals surface area contributed by atoms with Gasteiger partial charge >= 0.3 is 42.0 Å². The average Bonchev–Trinajstić information content (AvgIpc) is 3.37. The zero-order valence-electron chi connectivity index (χ0n) is 42.6. The zero-order valence-corrected chi connectivity index (χ0v) is 42.6. The molecule has 0 aromatic heterocycles. The summed E-state index contributed by atoms with van der Waals surface area (Å²) < 4.78 is 0. The number of amides is 2. The largest absolute Gasteiger partial charge is 0.481 e. The van der Waals surface area contributed by atoms with Crippen LogP contribution in [0, 0.1) is 5.92 Å². The molecule has 78 heavy (non-hydrogen) atoms. The van der Waals surface area contributed by atoms with Gasteiger partial charge in [0.2, 0.25) is 0 Å². The van der Waals surface area contributed by atoms with E-state index in [1.165, 1.54) is 0 Å². The van der Waals surface area contributed by atoms with Crippen LogP contribution < -0.4 is 37.2 Å². The van der Waals surface area contributed by atoms with Crippen molar-refractivity contribution in [3.8, 4) is 0 Å². The van der Waals surface area contributed by atoms with Crippen molar-refractivity contribution in [1.29, 1.82) is 0 Å². The fourth-order valence-electron chi connectivity index (χ4n) is 5.29. The van der Waals surface area contributed by atoms with Crippen LogP contribution >= 0.6 is 0 Å². The molecule has 39 nitrogen and oxygen atoms in total. The summed E-state index contributed by atoms with van der Waals surface area (Å²) in [4.78, 5) is 104. The summed E-state index contributed by atoms with van der Waals surface area (Å²) >= 11 is 0. The van der Waals surface area contributed by atoms with Gasteiger partial charge in [-0.05, 0) is 38.6 Å². The number of carboxylic acids is 5. The first kappa shape index (κ1) is 81.8. The van der Waals surface area contributed by atoms with Crippen molar-refractivity contribution < 1.29 is 161 Å². The maximum absolute atomic E-state index is 10.8. The van der Waals surface area contributed by atoms with E-state index in [-0.39, 0.29) is 110 Å². The molecule has 0 aromatic rings. The lowest BCUT2D eigenvalue weighted by Gasteiger charge is -2.22. The molecule has 39 heteroatoms. The van der Waals surface area contributed by atoms with Gasteiger partial charge in [-0.25, -0.2) is 48.7 Å². The van der Waals surface area contributed by atoms with E-state index in [1.54, 1.807) is 6.92 Å². The Bertz CT molecular complexity index is 1470. The van der Waals surface area contributed by atoms with Gasteiger partial charge in [-0.2, -0.15) is 0 Å². The molecule has 0 fully saturated rings. The van der Waals surface area contributed by atoms with Crippen molar-refractivity contribution >= 4 is 42.0 Å². The molecule has 0 radical (unpaired) electrons. The van der Waals surface area contributed by atoms with Gasteiger partial charge in [0.15, 0.2) is 0 Å². The maximum atomic E-state index is 10.8. The van der Waals surface area contributed by atoms with Crippen LogP contribution in [-0.4, -0.2) is 265 Å². The van der Waals surface area contributed by atoms with E-state index in [0.717, 1.165) is 0 Å². The molecule has 8 unspecified atom stereocenters. The third-order valence-corrected chi connectivity index (χ3v) is 9.16. The Morgan fingerprint density at radius 2 is 0.833 bits per heavy atom. The molecule has 464 valence electrons. The maximum Gasteiger partial charge on any atom is 0.404 e. The van der Waals surface area contributed by atoms with Gasteiger partial charge in [-0.3, -0.25) is 71.3 Å². The Morgan fingerprint density at radius 3 is 1.21 bits per heavy atom. The topological polar surface area (TPSA) is 621 Å². The first-order chi connectivity index (χ1) is 37.0. The number of hydrogen-bond donors (Lipinski definition) is 24. The molecular weight excluding hydrogens is 1080 g/mol. The summed E-state index contributed by atoms with van der Waals surface area (Å²) in [7, 11) is 0. The van der Waals surface area contributed by atoms with Gasteiger partial charge in [0.1, 0.15) is 12.3 Å². The Morgan fingerprint density at radius 1 is 0.436 bits per heavy atom. The van der Waals surface area contributed by atoms with E-state index in [9.17, 15) is 43.8 Å². The SMILES string of the molecule is CCC(=O)O.O=C(O)CC(CC(O)NC(CCOO)COO)C(=O)O.O=C(O)CC(NCCNC(CCOO)COO)C(=O)O.O=C(O)NCC(O)CNC(CCOO)COO.O=C(O)NCCCNC(CCOO)COO. The van der Waals surface area contributed by atoms with Crippen LogP contribution in [0.15, 0.2) is 0 Å². The van der Waals surface area contributed by atoms with Gasteiger partial charge in [0, 0.05) is 69.7 Å². The first-order valence-corrected chi connectivity index (χ1v) is 23.2. The molecule has 0 aliphatic heterocycles. The highest BCUT2D eigenvalue weighted by Gasteiger charge is 2.26. The van der Waals surface area contributed by atoms with Crippen LogP contribution in [0.2, 0.25) is 0 Å². The van der Waals surface area contributed by atoms with E-state index >= 15 is 0 Å². The predicted octanol–water partition coefficient (Wildman–Crippen LogP) is -2.58. The molecule has 0 saturated heterocycles. The summed E-state index contributed by atoms with van der Waals surface area (Å²) in [6, 6.07) is -2.55. The van der Waals surface area contributed by atoms with Crippen LogP contribution in [0.3, 0.4) is 0 Å². The van der Waals surface area contributed by atoms with Crippen LogP contribution in [0.5, 0.6) is 0 Å². The minimum absolute atomic E-state index is 0.0269. The highest BCUT2D eigenvalue weighted by Crippen LogP contribution is 2.12. The van der Waals surface area contributed by atoms with Crippen LogP contribution in [0.4, 0.5) is 9.59 Å². The fraction of sp³-hybridized carbons (Fsp3) is 0.821. The Hall–Kier alpha value is -5.03. The molecule has 0 spiro atoms. The first-order valence-electron chi connectivity index (χ1n) is 23.2. The fourth-order valence-corrected chi connectivity index (χ4v) is 5.29. The van der Waals surface area contributed by atoms with Crippen molar-refractivity contribution in [2.45, 2.75) is 107 Å². The summed E-state index contributed by atoms with van der Waals surface area (Å²) in [6.45, 7) is 2.99. The number of carbonyl (C=O) groups is 7. The smallest absolute Gasteiger partial charge is 0.404 e. The van der Waals surface area contributed by atoms with Crippen molar-refractivity contribution in [2.24, 2.45) is 5.92 Å².